The maximum atomic E-state index is 13.3. The third-order valence-electron chi connectivity index (χ3n) is 3.48. The van der Waals surface area contributed by atoms with Crippen molar-refractivity contribution in [3.8, 4) is 17.2 Å². The quantitative estimate of drug-likeness (QED) is 0.776. The van der Waals surface area contributed by atoms with Gasteiger partial charge in [0.1, 0.15) is 5.92 Å². The van der Waals surface area contributed by atoms with Crippen molar-refractivity contribution in [2.75, 3.05) is 0 Å². The van der Waals surface area contributed by atoms with E-state index in [0.29, 0.717) is 5.01 Å². The maximum Gasteiger partial charge on any atom is 0.426 e. The lowest BCUT2D eigenvalue weighted by atomic mass is 9.86. The molecular formula is C14H10F3NO4S. The molecule has 23 heavy (non-hydrogen) atoms. The van der Waals surface area contributed by atoms with Gasteiger partial charge in [-0.3, -0.25) is 4.79 Å². The Morgan fingerprint density at radius 1 is 1.30 bits per heavy atom. The standard InChI is InChI=1S/C14H10F3NO4S/c1-5-18-7(4-23-5)9-10(20)6-2-3-8(19)11(21)12(6)22-13(9)14(15,16)17/h2-4,9,13,19,21H,1H3/t9-,13-/m1/s1. The van der Waals surface area contributed by atoms with Crippen LogP contribution in [0.15, 0.2) is 17.5 Å². The number of phenols is 2. The van der Waals surface area contributed by atoms with Crippen molar-refractivity contribution >= 4 is 17.1 Å². The molecule has 1 aromatic heterocycles. The second kappa shape index (κ2) is 5.12. The number of Topliss-reactive ketones (excluding diaryl/α,β-unsaturated/α-hetero) is 1. The smallest absolute Gasteiger partial charge is 0.426 e. The molecule has 0 aliphatic carbocycles. The second-order valence-electron chi connectivity index (χ2n) is 5.02. The van der Waals surface area contributed by atoms with Crippen molar-refractivity contribution in [2.24, 2.45) is 0 Å². The molecule has 0 fully saturated rings. The number of rotatable bonds is 1. The summed E-state index contributed by atoms with van der Waals surface area (Å²) in [4.78, 5) is 16.5. The number of fused-ring (bicyclic) bond motifs is 1. The highest BCUT2D eigenvalue weighted by Gasteiger charge is 2.54. The highest BCUT2D eigenvalue weighted by atomic mass is 32.1. The first kappa shape index (κ1) is 15.6. The lowest BCUT2D eigenvalue weighted by Crippen LogP contribution is -2.46. The third-order valence-corrected chi connectivity index (χ3v) is 4.28. The Balaban J connectivity index is 2.18. The highest BCUT2D eigenvalue weighted by molar-refractivity contribution is 7.09. The number of hydrogen-bond donors (Lipinski definition) is 2. The molecular weight excluding hydrogens is 335 g/mol. The molecule has 0 spiro atoms. The van der Waals surface area contributed by atoms with E-state index in [-0.39, 0.29) is 11.3 Å². The van der Waals surface area contributed by atoms with Crippen LogP contribution in [0.4, 0.5) is 13.2 Å². The minimum Gasteiger partial charge on any atom is -0.504 e. The molecule has 0 bridgehead atoms. The molecule has 1 aliphatic heterocycles. The molecule has 9 heteroatoms. The van der Waals surface area contributed by atoms with Crippen LogP contribution in [0.5, 0.6) is 17.2 Å². The minimum absolute atomic E-state index is 0.0296. The molecule has 0 amide bonds. The van der Waals surface area contributed by atoms with E-state index in [0.717, 1.165) is 23.5 Å². The van der Waals surface area contributed by atoms with E-state index in [1.807, 2.05) is 0 Å². The molecule has 2 atom stereocenters. The highest BCUT2D eigenvalue weighted by Crippen LogP contribution is 2.48. The molecule has 5 nitrogen and oxygen atoms in total. The fraction of sp³-hybridized carbons (Fsp3) is 0.286. The zero-order valence-electron chi connectivity index (χ0n) is 11.6. The largest absolute Gasteiger partial charge is 0.504 e. The molecule has 0 saturated heterocycles. The number of aromatic hydroxyl groups is 2. The van der Waals surface area contributed by atoms with Crippen LogP contribution >= 0.6 is 11.3 Å². The van der Waals surface area contributed by atoms with Crippen LogP contribution < -0.4 is 4.74 Å². The zero-order valence-corrected chi connectivity index (χ0v) is 12.4. The van der Waals surface area contributed by atoms with Gasteiger partial charge in [-0.15, -0.1) is 11.3 Å². The number of halogens is 3. The number of aromatic nitrogens is 1. The van der Waals surface area contributed by atoms with Gasteiger partial charge in [-0.25, -0.2) is 4.98 Å². The van der Waals surface area contributed by atoms with Gasteiger partial charge in [0.05, 0.1) is 16.3 Å². The Morgan fingerprint density at radius 2 is 2.00 bits per heavy atom. The number of alkyl halides is 3. The molecule has 122 valence electrons. The van der Waals surface area contributed by atoms with E-state index in [4.69, 9.17) is 4.74 Å². The normalized spacial score (nSPS) is 21.0. The van der Waals surface area contributed by atoms with E-state index in [2.05, 4.69) is 4.98 Å². The summed E-state index contributed by atoms with van der Waals surface area (Å²) in [6.45, 7) is 1.61. The molecule has 0 unspecified atom stereocenters. The summed E-state index contributed by atoms with van der Waals surface area (Å²) in [6, 6.07) is 2.14. The number of carbonyl (C=O) groups excluding carboxylic acids is 1. The zero-order chi connectivity index (χ0) is 16.9. The van der Waals surface area contributed by atoms with Gasteiger partial charge in [0.2, 0.25) is 11.9 Å². The van der Waals surface area contributed by atoms with Gasteiger partial charge < -0.3 is 14.9 Å². The summed E-state index contributed by atoms with van der Waals surface area (Å²) in [5, 5.41) is 21.0. The Hall–Kier alpha value is -2.29. The number of aryl methyl sites for hydroxylation is 1. The van der Waals surface area contributed by atoms with Crippen molar-refractivity contribution in [3.63, 3.8) is 0 Å². The number of carbonyl (C=O) groups is 1. The van der Waals surface area contributed by atoms with Crippen LogP contribution in [0.25, 0.3) is 0 Å². The third kappa shape index (κ3) is 2.50. The van der Waals surface area contributed by atoms with E-state index in [1.165, 1.54) is 5.38 Å². The van der Waals surface area contributed by atoms with Gasteiger partial charge in [-0.2, -0.15) is 13.2 Å². The SMILES string of the molecule is Cc1nc([C@@H]2C(=O)c3ccc(O)c(O)c3O[C@H]2C(F)(F)F)cs1. The topological polar surface area (TPSA) is 79.7 Å². The molecule has 2 heterocycles. The fourth-order valence-electron chi connectivity index (χ4n) is 2.44. The van der Waals surface area contributed by atoms with Crippen LogP contribution in [0.3, 0.4) is 0 Å². The number of nitrogens with zero attached hydrogens (tertiary/aromatic N) is 1. The molecule has 2 aromatic rings. The molecule has 1 aromatic carbocycles. The Bertz CT molecular complexity index is 787. The summed E-state index contributed by atoms with van der Waals surface area (Å²) in [6.07, 6.45) is -7.34. The minimum atomic E-state index is -4.85. The van der Waals surface area contributed by atoms with Crippen molar-refractivity contribution < 1.29 is 32.9 Å². The van der Waals surface area contributed by atoms with Crippen LogP contribution in [0.1, 0.15) is 27.0 Å². The monoisotopic (exact) mass is 345 g/mol. The van der Waals surface area contributed by atoms with Crippen molar-refractivity contribution in [1.29, 1.82) is 0 Å². The van der Waals surface area contributed by atoms with Crippen LogP contribution in [-0.2, 0) is 0 Å². The molecule has 2 N–H and O–H groups in total. The predicted octanol–water partition coefficient (Wildman–Crippen LogP) is 3.15. The van der Waals surface area contributed by atoms with Gasteiger partial charge in [0.15, 0.2) is 17.3 Å². The van der Waals surface area contributed by atoms with Crippen LogP contribution in [0.2, 0.25) is 0 Å². The number of ketones is 1. The summed E-state index contributed by atoms with van der Waals surface area (Å²) in [5.41, 5.74) is -0.255. The average molecular weight is 345 g/mol. The lowest BCUT2D eigenvalue weighted by molar-refractivity contribution is -0.200. The lowest BCUT2D eigenvalue weighted by Gasteiger charge is -2.33. The molecule has 0 radical (unpaired) electrons. The summed E-state index contributed by atoms with van der Waals surface area (Å²) in [7, 11) is 0. The summed E-state index contributed by atoms with van der Waals surface area (Å²) < 4.78 is 44.9. The van der Waals surface area contributed by atoms with Crippen LogP contribution in [0, 0.1) is 6.92 Å². The molecule has 1 aliphatic rings. The van der Waals surface area contributed by atoms with E-state index in [9.17, 15) is 28.2 Å². The number of hydrogen-bond acceptors (Lipinski definition) is 6. The first-order valence-electron chi connectivity index (χ1n) is 6.44. The van der Waals surface area contributed by atoms with Crippen molar-refractivity contribution in [3.05, 3.63) is 33.8 Å². The van der Waals surface area contributed by atoms with Gasteiger partial charge in [-0.1, -0.05) is 0 Å². The predicted molar refractivity (Wildman–Crippen MR) is 74.2 cm³/mol. The Kier molecular flexibility index (Phi) is 3.47. The molecule has 3 rings (SSSR count). The molecule has 0 saturated carbocycles. The van der Waals surface area contributed by atoms with Crippen molar-refractivity contribution in [1.82, 2.24) is 4.98 Å². The number of thiazole rings is 1. The Morgan fingerprint density at radius 3 is 2.57 bits per heavy atom. The average Bonchev–Trinajstić information content (AvgIpc) is 2.88. The van der Waals surface area contributed by atoms with Crippen LogP contribution in [-0.4, -0.2) is 33.3 Å². The van der Waals surface area contributed by atoms with Gasteiger partial charge >= 0.3 is 6.18 Å². The fourth-order valence-corrected chi connectivity index (χ4v) is 3.09. The number of benzene rings is 1. The number of phenolic OH excluding ortho intramolecular Hbond substituents is 2. The summed E-state index contributed by atoms with van der Waals surface area (Å²) in [5.74, 6) is -4.75. The second-order valence-corrected chi connectivity index (χ2v) is 6.09. The van der Waals surface area contributed by atoms with Gasteiger partial charge in [0.25, 0.3) is 0 Å². The van der Waals surface area contributed by atoms with Gasteiger partial charge in [0, 0.05) is 5.38 Å². The van der Waals surface area contributed by atoms with E-state index in [1.54, 1.807) is 6.92 Å². The maximum absolute atomic E-state index is 13.3. The van der Waals surface area contributed by atoms with Crippen molar-refractivity contribution in [2.45, 2.75) is 25.1 Å². The Labute approximate surface area is 132 Å². The van der Waals surface area contributed by atoms with E-state index >= 15 is 0 Å². The van der Waals surface area contributed by atoms with E-state index < -0.39 is 41.2 Å². The summed E-state index contributed by atoms with van der Waals surface area (Å²) >= 11 is 1.12. The first-order valence-corrected chi connectivity index (χ1v) is 7.32. The number of ether oxygens (including phenoxy) is 1. The van der Waals surface area contributed by atoms with Gasteiger partial charge in [-0.05, 0) is 19.1 Å². The first-order chi connectivity index (χ1) is 10.7.